The molecule has 8 nitrogen and oxygen atoms in total. The fraction of sp³-hybridized carbons (Fsp3) is 0.238. The second-order valence-corrected chi connectivity index (χ2v) is 7.14. The van der Waals surface area contributed by atoms with E-state index in [1.165, 1.54) is 18.9 Å². The molecule has 2 aromatic carbocycles. The first-order chi connectivity index (χ1) is 14.5. The summed E-state index contributed by atoms with van der Waals surface area (Å²) in [5.41, 5.74) is 1.78. The first-order valence-corrected chi connectivity index (χ1v) is 9.79. The van der Waals surface area contributed by atoms with Crippen LogP contribution < -0.4 is 15.0 Å². The fourth-order valence-electron chi connectivity index (χ4n) is 3.51. The van der Waals surface area contributed by atoms with Gasteiger partial charge in [0, 0.05) is 11.8 Å². The third-order valence-corrected chi connectivity index (χ3v) is 5.28. The molecular formula is C21H21N5O3S. The summed E-state index contributed by atoms with van der Waals surface area (Å²) in [5.74, 6) is 1.62. The van der Waals surface area contributed by atoms with Crippen LogP contribution in [0.3, 0.4) is 0 Å². The van der Waals surface area contributed by atoms with Crippen LogP contribution >= 0.6 is 12.2 Å². The van der Waals surface area contributed by atoms with E-state index in [-0.39, 0.29) is 5.56 Å². The lowest BCUT2D eigenvalue weighted by Gasteiger charge is -2.12. The van der Waals surface area contributed by atoms with Gasteiger partial charge in [0.15, 0.2) is 16.3 Å². The number of benzene rings is 2. The van der Waals surface area contributed by atoms with Gasteiger partial charge in [-0.3, -0.25) is 14.5 Å². The minimum absolute atomic E-state index is 0.250. The van der Waals surface area contributed by atoms with Crippen molar-refractivity contribution < 1.29 is 9.47 Å². The molecule has 154 valence electrons. The number of hydrogen-bond donors (Lipinski definition) is 1. The van der Waals surface area contributed by atoms with Gasteiger partial charge in [0.25, 0.3) is 5.56 Å². The number of nitrogens with one attached hydrogen (secondary N) is 1. The largest absolute Gasteiger partial charge is 0.493 e. The number of methoxy groups -OCH3 is 2. The van der Waals surface area contributed by atoms with Gasteiger partial charge in [-0.25, -0.2) is 4.68 Å². The molecular weight excluding hydrogens is 402 g/mol. The monoisotopic (exact) mass is 423 g/mol. The van der Waals surface area contributed by atoms with Gasteiger partial charge in [0.1, 0.15) is 5.82 Å². The minimum Gasteiger partial charge on any atom is -0.493 e. The molecule has 0 aliphatic heterocycles. The van der Waals surface area contributed by atoms with Crippen molar-refractivity contribution in [2.45, 2.75) is 19.9 Å². The molecule has 0 saturated carbocycles. The molecule has 0 amide bonds. The third kappa shape index (κ3) is 3.37. The average molecular weight is 423 g/mol. The van der Waals surface area contributed by atoms with Crippen molar-refractivity contribution in [3.8, 4) is 17.2 Å². The predicted molar refractivity (Wildman–Crippen MR) is 116 cm³/mol. The van der Waals surface area contributed by atoms with Crippen LogP contribution in [0.25, 0.3) is 16.5 Å². The van der Waals surface area contributed by atoms with Crippen LogP contribution in [0.5, 0.6) is 11.5 Å². The van der Waals surface area contributed by atoms with Crippen molar-refractivity contribution in [1.82, 2.24) is 24.5 Å². The number of H-pyrrole nitrogens is 1. The van der Waals surface area contributed by atoms with Crippen LogP contribution in [-0.2, 0) is 13.0 Å². The van der Waals surface area contributed by atoms with Crippen LogP contribution in [0.1, 0.15) is 11.4 Å². The number of rotatable bonds is 6. The lowest BCUT2D eigenvalue weighted by molar-refractivity contribution is 0.358. The van der Waals surface area contributed by atoms with E-state index in [1.807, 2.05) is 35.8 Å². The normalized spacial score (nSPS) is 11.0. The molecule has 0 atom stereocenters. The molecule has 0 radical (unpaired) electrons. The number of fused-ring (bicyclic) bond motifs is 1. The van der Waals surface area contributed by atoms with Gasteiger partial charge in [-0.1, -0.05) is 18.2 Å². The van der Waals surface area contributed by atoms with Crippen LogP contribution in [0.15, 0.2) is 47.4 Å². The van der Waals surface area contributed by atoms with Crippen LogP contribution in [0, 0.1) is 11.7 Å². The first-order valence-electron chi connectivity index (χ1n) is 9.38. The van der Waals surface area contributed by atoms with Gasteiger partial charge in [0.05, 0.1) is 38.0 Å². The average Bonchev–Trinajstić information content (AvgIpc) is 3.13. The Morgan fingerprint density at radius 3 is 2.67 bits per heavy atom. The summed E-state index contributed by atoms with van der Waals surface area (Å²) in [4.78, 5) is 13.1. The van der Waals surface area contributed by atoms with Crippen molar-refractivity contribution in [1.29, 1.82) is 0 Å². The van der Waals surface area contributed by atoms with Crippen molar-refractivity contribution in [2.75, 3.05) is 14.2 Å². The SMILES string of the molecule is COc1ccc2cnn(CCc3n[nH]c(=S)n3-c3ccccc3C)c(=O)c2c1OC. The Bertz CT molecular complexity index is 1340. The van der Waals surface area contributed by atoms with Gasteiger partial charge in [0.2, 0.25) is 0 Å². The van der Waals surface area contributed by atoms with Gasteiger partial charge < -0.3 is 9.47 Å². The summed E-state index contributed by atoms with van der Waals surface area (Å²) in [6, 6.07) is 11.5. The molecule has 0 unspecified atom stereocenters. The highest BCUT2D eigenvalue weighted by atomic mass is 32.1. The summed E-state index contributed by atoms with van der Waals surface area (Å²) in [7, 11) is 3.05. The van der Waals surface area contributed by atoms with E-state index in [2.05, 4.69) is 15.3 Å². The fourth-order valence-corrected chi connectivity index (χ4v) is 3.76. The van der Waals surface area contributed by atoms with Gasteiger partial charge >= 0.3 is 0 Å². The first kappa shape index (κ1) is 19.8. The van der Waals surface area contributed by atoms with Crippen LogP contribution in [0.4, 0.5) is 0 Å². The van der Waals surface area contributed by atoms with E-state index in [1.54, 1.807) is 18.3 Å². The quantitative estimate of drug-likeness (QED) is 0.479. The standard InChI is InChI=1S/C21H21N5O3S/c1-13-6-4-5-7-15(13)26-17(23-24-21(26)30)10-11-25-20(27)18-14(12-22-25)8-9-16(28-2)19(18)29-3/h4-9,12H,10-11H2,1-3H3,(H,24,30). The summed E-state index contributed by atoms with van der Waals surface area (Å²) in [6.45, 7) is 2.35. The molecule has 0 fully saturated rings. The molecule has 0 aliphatic rings. The van der Waals surface area contributed by atoms with Gasteiger partial charge in [-0.05, 0) is 42.9 Å². The number of aromatic nitrogens is 5. The van der Waals surface area contributed by atoms with Gasteiger partial charge in [-0.15, -0.1) is 0 Å². The maximum atomic E-state index is 13.1. The Morgan fingerprint density at radius 1 is 1.13 bits per heavy atom. The minimum atomic E-state index is -0.250. The zero-order valence-electron chi connectivity index (χ0n) is 16.9. The Balaban J connectivity index is 1.72. The van der Waals surface area contributed by atoms with E-state index in [9.17, 15) is 4.79 Å². The Hall–Kier alpha value is -3.46. The predicted octanol–water partition coefficient (Wildman–Crippen LogP) is 3.21. The molecule has 2 heterocycles. The van der Waals surface area contributed by atoms with Gasteiger partial charge in [-0.2, -0.15) is 10.2 Å². The molecule has 9 heteroatoms. The molecule has 4 aromatic rings. The summed E-state index contributed by atoms with van der Waals surface area (Å²) < 4.78 is 14.6. The maximum absolute atomic E-state index is 13.1. The molecule has 30 heavy (non-hydrogen) atoms. The molecule has 0 saturated heterocycles. The number of aromatic amines is 1. The van der Waals surface area contributed by atoms with E-state index in [0.29, 0.717) is 40.0 Å². The molecule has 0 aliphatic carbocycles. The molecule has 0 bridgehead atoms. The molecule has 0 spiro atoms. The number of aryl methyl sites for hydroxylation is 3. The van der Waals surface area contributed by atoms with Crippen molar-refractivity contribution in [3.63, 3.8) is 0 Å². The van der Waals surface area contributed by atoms with Crippen molar-refractivity contribution in [2.24, 2.45) is 0 Å². The third-order valence-electron chi connectivity index (χ3n) is 5.01. The zero-order chi connectivity index (χ0) is 21.3. The zero-order valence-corrected chi connectivity index (χ0v) is 17.7. The molecule has 2 aromatic heterocycles. The lowest BCUT2D eigenvalue weighted by Crippen LogP contribution is -2.24. The van der Waals surface area contributed by atoms with E-state index >= 15 is 0 Å². The second-order valence-electron chi connectivity index (χ2n) is 6.76. The van der Waals surface area contributed by atoms with Crippen molar-refractivity contribution in [3.05, 3.63) is 69.1 Å². The topological polar surface area (TPSA) is 87.0 Å². The Kier molecular flexibility index (Phi) is 5.37. The molecule has 4 rings (SSSR count). The number of ether oxygens (including phenoxy) is 2. The van der Waals surface area contributed by atoms with Crippen LogP contribution in [-0.4, -0.2) is 38.8 Å². The summed E-state index contributed by atoms with van der Waals surface area (Å²) >= 11 is 5.43. The maximum Gasteiger partial charge on any atom is 0.278 e. The highest BCUT2D eigenvalue weighted by Crippen LogP contribution is 2.32. The smallest absolute Gasteiger partial charge is 0.278 e. The van der Waals surface area contributed by atoms with E-state index in [4.69, 9.17) is 21.7 Å². The Morgan fingerprint density at radius 2 is 1.93 bits per heavy atom. The van der Waals surface area contributed by atoms with E-state index in [0.717, 1.165) is 17.1 Å². The second kappa shape index (κ2) is 8.11. The summed E-state index contributed by atoms with van der Waals surface area (Å²) in [6.07, 6.45) is 2.11. The van der Waals surface area contributed by atoms with E-state index < -0.39 is 0 Å². The number of nitrogens with zero attached hydrogens (tertiary/aromatic N) is 4. The summed E-state index contributed by atoms with van der Waals surface area (Å²) in [5, 5.41) is 12.6. The Labute approximate surface area is 177 Å². The van der Waals surface area contributed by atoms with Crippen LogP contribution in [0.2, 0.25) is 0 Å². The number of para-hydroxylation sites is 1. The van der Waals surface area contributed by atoms with Crippen molar-refractivity contribution >= 4 is 23.0 Å². The highest BCUT2D eigenvalue weighted by Gasteiger charge is 2.16. The molecule has 1 N–H and O–H groups in total. The number of hydrogen-bond acceptors (Lipinski definition) is 6. The highest BCUT2D eigenvalue weighted by molar-refractivity contribution is 7.71. The lowest BCUT2D eigenvalue weighted by atomic mass is 10.1.